The van der Waals surface area contributed by atoms with E-state index >= 15 is 0 Å². The summed E-state index contributed by atoms with van der Waals surface area (Å²) in [5.74, 6) is -0.663. The fraction of sp³-hybridized carbons (Fsp3) is 0.929. The summed E-state index contributed by atoms with van der Waals surface area (Å²) in [6.45, 7) is 4.59. The molecule has 0 aliphatic rings. The molecule has 0 saturated heterocycles. The van der Waals surface area contributed by atoms with Crippen molar-refractivity contribution in [1.82, 2.24) is 0 Å². The molecule has 0 aromatic rings. The Bertz CT molecular complexity index is 144. The number of carboxylic acids is 1. The summed E-state index contributed by atoms with van der Waals surface area (Å²) < 4.78 is 0. The van der Waals surface area contributed by atoms with Crippen LogP contribution < -0.4 is 0 Å². The van der Waals surface area contributed by atoms with Crippen LogP contribution in [0.25, 0.3) is 0 Å². The number of unbranched alkanes of at least 4 members (excludes halogenated alkanes) is 7. The lowest BCUT2D eigenvalue weighted by molar-refractivity contribution is -0.137. The van der Waals surface area contributed by atoms with E-state index in [4.69, 9.17) is 10.2 Å². The molecule has 0 fully saturated rings. The van der Waals surface area contributed by atoms with Crippen molar-refractivity contribution in [2.24, 2.45) is 0 Å². The molecule has 17 heavy (non-hydrogen) atoms. The molecule has 2 N–H and O–H groups in total. The predicted octanol–water partition coefficient (Wildman–Crippen LogP) is 3.99. The highest BCUT2D eigenvalue weighted by atomic mass is 16.4. The second-order valence-corrected chi connectivity index (χ2v) is 4.34. The Labute approximate surface area is 106 Å². The largest absolute Gasteiger partial charge is 0.481 e. The Morgan fingerprint density at radius 2 is 1.29 bits per heavy atom. The summed E-state index contributed by atoms with van der Waals surface area (Å²) in [6, 6.07) is 0. The minimum atomic E-state index is -0.663. The molecule has 3 heteroatoms. The molecule has 0 bridgehead atoms. The van der Waals surface area contributed by atoms with Gasteiger partial charge < -0.3 is 10.2 Å². The third-order valence-electron chi connectivity index (χ3n) is 2.51. The van der Waals surface area contributed by atoms with Gasteiger partial charge in [-0.2, -0.15) is 0 Å². The number of carboxylic acid groups (broad SMARTS) is 1. The summed E-state index contributed by atoms with van der Waals surface area (Å²) in [6.07, 6.45) is 10.7. The van der Waals surface area contributed by atoms with Gasteiger partial charge in [-0.1, -0.05) is 58.8 Å². The normalized spacial score (nSPS) is 9.59. The third-order valence-corrected chi connectivity index (χ3v) is 2.51. The second-order valence-electron chi connectivity index (χ2n) is 4.34. The first-order valence-electron chi connectivity index (χ1n) is 7.01. The molecule has 0 aliphatic heterocycles. The average Bonchev–Trinajstić information content (AvgIpc) is 2.29. The zero-order valence-electron chi connectivity index (χ0n) is 11.6. The average molecular weight is 246 g/mol. The van der Waals surface area contributed by atoms with Crippen molar-refractivity contribution < 1.29 is 15.0 Å². The lowest BCUT2D eigenvalue weighted by atomic mass is 10.1. The van der Waals surface area contributed by atoms with Crippen LogP contribution in [0.15, 0.2) is 0 Å². The second kappa shape index (κ2) is 17.8. The lowest BCUT2D eigenvalue weighted by Crippen LogP contribution is -1.93. The van der Waals surface area contributed by atoms with Crippen molar-refractivity contribution >= 4 is 5.97 Å². The molecule has 0 amide bonds. The number of rotatable bonds is 10. The van der Waals surface area contributed by atoms with Crippen molar-refractivity contribution in [3.8, 4) is 0 Å². The topological polar surface area (TPSA) is 57.5 Å². The molecule has 0 rings (SSSR count). The van der Waals surface area contributed by atoms with Crippen molar-refractivity contribution in [3.63, 3.8) is 0 Å². The molecule has 0 radical (unpaired) electrons. The van der Waals surface area contributed by atoms with Crippen molar-refractivity contribution in [1.29, 1.82) is 0 Å². The van der Waals surface area contributed by atoms with Crippen LogP contribution in [0.1, 0.15) is 78.1 Å². The smallest absolute Gasteiger partial charge is 0.303 e. The first-order valence-corrected chi connectivity index (χ1v) is 7.01. The number of aliphatic hydroxyl groups is 1. The highest BCUT2D eigenvalue weighted by Gasteiger charge is 1.95. The van der Waals surface area contributed by atoms with Gasteiger partial charge in [-0.15, -0.1) is 0 Å². The lowest BCUT2D eigenvalue weighted by Gasteiger charge is -1.98. The van der Waals surface area contributed by atoms with Gasteiger partial charge in [-0.3, -0.25) is 4.79 Å². The first-order chi connectivity index (χ1) is 8.18. The standard InChI is InChI=1S/C10H20O2.C4H10O/c1-2-3-4-5-6-7-8-9-10(11)12;1-2-3-4-5/h2-9H2,1H3,(H,11,12);5H,2-4H2,1H3. The predicted molar refractivity (Wildman–Crippen MR) is 72.2 cm³/mol. The zero-order chi connectivity index (χ0) is 13.4. The third kappa shape index (κ3) is 25.6. The maximum Gasteiger partial charge on any atom is 0.303 e. The zero-order valence-corrected chi connectivity index (χ0v) is 11.6. The maximum atomic E-state index is 10.1. The van der Waals surface area contributed by atoms with Gasteiger partial charge in [-0.05, 0) is 12.8 Å². The van der Waals surface area contributed by atoms with Crippen molar-refractivity contribution in [3.05, 3.63) is 0 Å². The fourth-order valence-electron chi connectivity index (χ4n) is 1.39. The highest BCUT2D eigenvalue weighted by molar-refractivity contribution is 5.66. The van der Waals surface area contributed by atoms with E-state index in [1.807, 2.05) is 0 Å². The van der Waals surface area contributed by atoms with Crippen LogP contribution in [0.3, 0.4) is 0 Å². The van der Waals surface area contributed by atoms with Crippen LogP contribution in [-0.4, -0.2) is 22.8 Å². The minimum Gasteiger partial charge on any atom is -0.481 e. The molecule has 0 aromatic carbocycles. The molecule has 0 saturated carbocycles. The SMILES string of the molecule is CCCCCCCCCC(=O)O.CCCCO. The number of hydrogen-bond donors (Lipinski definition) is 2. The van der Waals surface area contributed by atoms with E-state index in [0.717, 1.165) is 25.7 Å². The molecular weight excluding hydrogens is 216 g/mol. The number of hydrogen-bond acceptors (Lipinski definition) is 2. The molecular formula is C14H30O3. The highest BCUT2D eigenvalue weighted by Crippen LogP contribution is 2.07. The Morgan fingerprint density at radius 3 is 1.65 bits per heavy atom. The van der Waals surface area contributed by atoms with E-state index in [0.29, 0.717) is 13.0 Å². The molecule has 0 unspecified atom stereocenters. The first kappa shape index (κ1) is 18.8. The van der Waals surface area contributed by atoms with E-state index in [9.17, 15) is 4.79 Å². The number of aliphatic carboxylic acids is 1. The Kier molecular flexibility index (Phi) is 19.7. The summed E-state index contributed by atoms with van der Waals surface area (Å²) >= 11 is 0. The summed E-state index contributed by atoms with van der Waals surface area (Å²) in [5, 5.41) is 16.4. The van der Waals surface area contributed by atoms with Crippen LogP contribution in [0, 0.1) is 0 Å². The number of aliphatic hydroxyl groups excluding tert-OH is 1. The van der Waals surface area contributed by atoms with Crippen LogP contribution in [0.2, 0.25) is 0 Å². The summed E-state index contributed by atoms with van der Waals surface area (Å²) in [4.78, 5) is 10.1. The summed E-state index contributed by atoms with van der Waals surface area (Å²) in [7, 11) is 0. The minimum absolute atomic E-state index is 0.341. The Morgan fingerprint density at radius 1 is 0.824 bits per heavy atom. The molecule has 0 spiro atoms. The van der Waals surface area contributed by atoms with Crippen LogP contribution in [0.5, 0.6) is 0 Å². The van der Waals surface area contributed by atoms with Crippen molar-refractivity contribution in [2.45, 2.75) is 78.1 Å². The van der Waals surface area contributed by atoms with Gasteiger partial charge in [0.05, 0.1) is 0 Å². The quantitative estimate of drug-likeness (QED) is 0.573. The molecule has 104 valence electrons. The van der Waals surface area contributed by atoms with Gasteiger partial charge in [0.2, 0.25) is 0 Å². The van der Waals surface area contributed by atoms with E-state index < -0.39 is 5.97 Å². The molecule has 0 aromatic heterocycles. The van der Waals surface area contributed by atoms with E-state index in [2.05, 4.69) is 13.8 Å². The number of carbonyl (C=O) groups is 1. The van der Waals surface area contributed by atoms with Gasteiger partial charge in [0.1, 0.15) is 0 Å². The molecule has 3 nitrogen and oxygen atoms in total. The molecule has 0 heterocycles. The Balaban J connectivity index is 0. The van der Waals surface area contributed by atoms with Gasteiger partial charge in [0.15, 0.2) is 0 Å². The van der Waals surface area contributed by atoms with Crippen LogP contribution in [0.4, 0.5) is 0 Å². The Hall–Kier alpha value is -0.570. The van der Waals surface area contributed by atoms with Crippen molar-refractivity contribution in [2.75, 3.05) is 6.61 Å². The van der Waals surface area contributed by atoms with Gasteiger partial charge in [0.25, 0.3) is 0 Å². The van der Waals surface area contributed by atoms with E-state index in [-0.39, 0.29) is 0 Å². The van der Waals surface area contributed by atoms with Gasteiger partial charge in [-0.25, -0.2) is 0 Å². The van der Waals surface area contributed by atoms with Gasteiger partial charge >= 0.3 is 5.97 Å². The maximum absolute atomic E-state index is 10.1. The van der Waals surface area contributed by atoms with E-state index in [1.54, 1.807) is 0 Å². The van der Waals surface area contributed by atoms with E-state index in [1.165, 1.54) is 32.1 Å². The molecule has 0 atom stereocenters. The molecule has 0 aliphatic carbocycles. The van der Waals surface area contributed by atoms with Crippen LogP contribution in [-0.2, 0) is 4.79 Å². The fourth-order valence-corrected chi connectivity index (χ4v) is 1.39. The summed E-state index contributed by atoms with van der Waals surface area (Å²) in [5.41, 5.74) is 0. The van der Waals surface area contributed by atoms with Gasteiger partial charge in [0, 0.05) is 13.0 Å². The monoisotopic (exact) mass is 246 g/mol. The van der Waals surface area contributed by atoms with Crippen LogP contribution >= 0.6 is 0 Å².